The lowest BCUT2D eigenvalue weighted by Crippen LogP contribution is -2.32. The fraction of sp³-hybridized carbons (Fsp3) is 0.500. The molecule has 0 aliphatic rings. The van der Waals surface area contributed by atoms with E-state index in [1.165, 1.54) is 6.20 Å². The van der Waals surface area contributed by atoms with Gasteiger partial charge in [0.2, 0.25) is 5.91 Å². The van der Waals surface area contributed by atoms with Crippen molar-refractivity contribution in [1.29, 1.82) is 0 Å². The Morgan fingerprint density at radius 1 is 1.24 bits per heavy atom. The number of nitrogens with zero attached hydrogens (tertiary/aromatic N) is 2. The van der Waals surface area contributed by atoms with E-state index in [1.54, 1.807) is 19.2 Å². The zero-order chi connectivity index (χ0) is 15.7. The van der Waals surface area contributed by atoms with Crippen molar-refractivity contribution in [3.63, 3.8) is 0 Å². The van der Waals surface area contributed by atoms with Crippen LogP contribution in [-0.4, -0.2) is 57.7 Å². The van der Waals surface area contributed by atoms with E-state index in [2.05, 4.69) is 15.6 Å². The van der Waals surface area contributed by atoms with Gasteiger partial charge < -0.3 is 20.3 Å². The maximum Gasteiger partial charge on any atom is 0.252 e. The van der Waals surface area contributed by atoms with Gasteiger partial charge in [-0.1, -0.05) is 0 Å². The van der Waals surface area contributed by atoms with Crippen LogP contribution in [0.25, 0.3) is 0 Å². The summed E-state index contributed by atoms with van der Waals surface area (Å²) in [6, 6.07) is 3.47. The molecular formula is C14H22N4O3. The Hall–Kier alpha value is -2.15. The second-order valence-electron chi connectivity index (χ2n) is 4.65. The summed E-state index contributed by atoms with van der Waals surface area (Å²) in [5.74, 6) is 0.426. The molecule has 0 radical (unpaired) electrons. The number of rotatable bonds is 8. The van der Waals surface area contributed by atoms with Gasteiger partial charge in [-0.2, -0.15) is 0 Å². The number of carbonyl (C=O) groups excluding carboxylic acids is 2. The van der Waals surface area contributed by atoms with E-state index in [4.69, 9.17) is 4.74 Å². The third kappa shape index (κ3) is 6.22. The summed E-state index contributed by atoms with van der Waals surface area (Å²) in [6.45, 7) is 1.23. The molecule has 7 heteroatoms. The van der Waals surface area contributed by atoms with Crippen molar-refractivity contribution in [2.75, 3.05) is 45.8 Å². The first-order valence-electron chi connectivity index (χ1n) is 6.72. The van der Waals surface area contributed by atoms with E-state index in [0.717, 1.165) is 5.82 Å². The number of amides is 2. The summed E-state index contributed by atoms with van der Waals surface area (Å²) in [5, 5.41) is 5.37. The van der Waals surface area contributed by atoms with Crippen LogP contribution in [0.1, 0.15) is 16.8 Å². The zero-order valence-corrected chi connectivity index (χ0v) is 12.7. The Kier molecular flexibility index (Phi) is 7.17. The van der Waals surface area contributed by atoms with E-state index in [0.29, 0.717) is 18.7 Å². The highest BCUT2D eigenvalue weighted by Gasteiger charge is 2.07. The monoisotopic (exact) mass is 294 g/mol. The Morgan fingerprint density at radius 3 is 2.57 bits per heavy atom. The number of anilines is 1. The third-order valence-electron chi connectivity index (χ3n) is 2.73. The summed E-state index contributed by atoms with van der Waals surface area (Å²) < 4.78 is 4.82. The number of ether oxygens (including phenoxy) is 1. The van der Waals surface area contributed by atoms with E-state index in [1.807, 2.05) is 19.0 Å². The molecule has 0 spiro atoms. The lowest BCUT2D eigenvalue weighted by molar-refractivity contribution is -0.121. The Labute approximate surface area is 124 Å². The van der Waals surface area contributed by atoms with Crippen LogP contribution in [-0.2, 0) is 9.53 Å². The van der Waals surface area contributed by atoms with Gasteiger partial charge in [0, 0.05) is 46.9 Å². The van der Waals surface area contributed by atoms with Crippen molar-refractivity contribution in [1.82, 2.24) is 15.6 Å². The number of aromatic nitrogens is 1. The topological polar surface area (TPSA) is 83.6 Å². The minimum Gasteiger partial charge on any atom is -0.383 e. The Morgan fingerprint density at radius 2 is 2.00 bits per heavy atom. The molecule has 1 aromatic heterocycles. The quantitative estimate of drug-likeness (QED) is 0.661. The molecule has 1 heterocycles. The number of nitrogens with one attached hydrogen (secondary N) is 2. The number of hydrogen-bond acceptors (Lipinski definition) is 5. The summed E-state index contributed by atoms with van der Waals surface area (Å²) in [5.41, 5.74) is 0.473. The van der Waals surface area contributed by atoms with Crippen LogP contribution < -0.4 is 15.5 Å². The van der Waals surface area contributed by atoms with Crippen molar-refractivity contribution in [2.24, 2.45) is 0 Å². The van der Waals surface area contributed by atoms with E-state index < -0.39 is 0 Å². The summed E-state index contributed by atoms with van der Waals surface area (Å²) >= 11 is 0. The lowest BCUT2D eigenvalue weighted by atomic mass is 10.2. The van der Waals surface area contributed by atoms with Gasteiger partial charge in [0.25, 0.3) is 5.91 Å². The molecule has 0 atom stereocenters. The largest absolute Gasteiger partial charge is 0.383 e. The van der Waals surface area contributed by atoms with Gasteiger partial charge in [-0.3, -0.25) is 9.59 Å². The summed E-state index contributed by atoms with van der Waals surface area (Å²) in [7, 11) is 5.33. The van der Waals surface area contributed by atoms with E-state index in [9.17, 15) is 9.59 Å². The van der Waals surface area contributed by atoms with Gasteiger partial charge in [0.1, 0.15) is 5.82 Å². The van der Waals surface area contributed by atoms with Crippen molar-refractivity contribution in [2.45, 2.75) is 6.42 Å². The third-order valence-corrected chi connectivity index (χ3v) is 2.73. The molecule has 0 unspecified atom stereocenters. The summed E-state index contributed by atoms with van der Waals surface area (Å²) in [6.07, 6.45) is 1.75. The van der Waals surface area contributed by atoms with Crippen molar-refractivity contribution >= 4 is 17.6 Å². The second kappa shape index (κ2) is 8.91. The predicted molar refractivity (Wildman–Crippen MR) is 80.4 cm³/mol. The van der Waals surface area contributed by atoms with Gasteiger partial charge in [-0.05, 0) is 12.1 Å². The van der Waals surface area contributed by atoms with E-state index in [-0.39, 0.29) is 24.8 Å². The molecular weight excluding hydrogens is 272 g/mol. The average molecular weight is 294 g/mol. The first-order valence-corrected chi connectivity index (χ1v) is 6.72. The zero-order valence-electron chi connectivity index (χ0n) is 12.7. The molecule has 0 saturated carbocycles. The smallest absolute Gasteiger partial charge is 0.252 e. The highest BCUT2D eigenvalue weighted by Crippen LogP contribution is 2.07. The highest BCUT2D eigenvalue weighted by atomic mass is 16.5. The number of pyridine rings is 1. The molecule has 0 fully saturated rings. The van der Waals surface area contributed by atoms with Gasteiger partial charge in [0.05, 0.1) is 12.2 Å². The highest BCUT2D eigenvalue weighted by molar-refractivity contribution is 5.94. The van der Waals surface area contributed by atoms with Crippen LogP contribution in [0, 0.1) is 0 Å². The number of carbonyl (C=O) groups is 2. The lowest BCUT2D eigenvalue weighted by Gasteiger charge is -2.11. The van der Waals surface area contributed by atoms with Gasteiger partial charge in [0.15, 0.2) is 0 Å². The molecule has 116 valence electrons. The van der Waals surface area contributed by atoms with Crippen LogP contribution in [0.15, 0.2) is 18.3 Å². The number of hydrogen-bond donors (Lipinski definition) is 2. The average Bonchev–Trinajstić information content (AvgIpc) is 2.47. The molecule has 0 saturated heterocycles. The molecule has 1 rings (SSSR count). The molecule has 1 aromatic rings. The first-order chi connectivity index (χ1) is 10.0. The standard InChI is InChI=1S/C14H22N4O3/c1-18(2)12-5-4-11(10-17-12)14(20)16-7-6-13(19)15-8-9-21-3/h4-5,10H,6-9H2,1-3H3,(H,15,19)(H,16,20). The van der Waals surface area contributed by atoms with Crippen LogP contribution >= 0.6 is 0 Å². The van der Waals surface area contributed by atoms with Gasteiger partial charge in [-0.25, -0.2) is 4.98 Å². The van der Waals surface area contributed by atoms with Crippen molar-refractivity contribution < 1.29 is 14.3 Å². The molecule has 0 bridgehead atoms. The molecule has 0 aromatic carbocycles. The van der Waals surface area contributed by atoms with Crippen molar-refractivity contribution in [3.8, 4) is 0 Å². The molecule has 2 N–H and O–H groups in total. The fourth-order valence-corrected chi connectivity index (χ4v) is 1.56. The molecule has 0 aliphatic heterocycles. The maximum atomic E-state index is 11.9. The van der Waals surface area contributed by atoms with E-state index >= 15 is 0 Å². The predicted octanol–water partition coefficient (Wildman–Crippen LogP) is 0.0301. The second-order valence-corrected chi connectivity index (χ2v) is 4.65. The van der Waals surface area contributed by atoms with Crippen LogP contribution in [0.2, 0.25) is 0 Å². The minimum atomic E-state index is -0.238. The normalized spacial score (nSPS) is 10.0. The first kappa shape index (κ1) is 16.9. The Bertz CT molecular complexity index is 460. The van der Waals surface area contributed by atoms with Crippen LogP contribution in [0.3, 0.4) is 0 Å². The molecule has 2 amide bonds. The molecule has 0 aliphatic carbocycles. The maximum absolute atomic E-state index is 11.9. The summed E-state index contributed by atoms with van der Waals surface area (Å²) in [4.78, 5) is 29.3. The molecule has 21 heavy (non-hydrogen) atoms. The SMILES string of the molecule is COCCNC(=O)CCNC(=O)c1ccc(N(C)C)nc1. The van der Waals surface area contributed by atoms with Gasteiger partial charge in [-0.15, -0.1) is 0 Å². The molecule has 7 nitrogen and oxygen atoms in total. The van der Waals surface area contributed by atoms with Crippen molar-refractivity contribution in [3.05, 3.63) is 23.9 Å². The number of methoxy groups -OCH3 is 1. The van der Waals surface area contributed by atoms with Gasteiger partial charge >= 0.3 is 0 Å². The van der Waals surface area contributed by atoms with Crippen LogP contribution in [0.4, 0.5) is 5.82 Å². The van der Waals surface area contributed by atoms with Crippen LogP contribution in [0.5, 0.6) is 0 Å². The Balaban J connectivity index is 2.32. The minimum absolute atomic E-state index is 0.117. The fourth-order valence-electron chi connectivity index (χ4n) is 1.56.